The minimum atomic E-state index is -0.794. The third kappa shape index (κ3) is 3.86. The molecule has 0 spiro atoms. The minimum absolute atomic E-state index is 0.0860. The van der Waals surface area contributed by atoms with E-state index in [0.717, 1.165) is 15.6 Å². The standard InChI is InChI=1S/C13H16N2O2S2/c1-8-11(15-9(2)19-8)7-14-10(6-13(16)17)12-4-3-5-18-12/h3-5,10,14H,6-7H2,1-2H3,(H,16,17). The zero-order valence-corrected chi connectivity index (χ0v) is 12.5. The van der Waals surface area contributed by atoms with Crippen molar-refractivity contribution in [2.45, 2.75) is 32.9 Å². The average molecular weight is 296 g/mol. The first-order valence-corrected chi connectivity index (χ1v) is 7.67. The quantitative estimate of drug-likeness (QED) is 0.859. The number of hydrogen-bond donors (Lipinski definition) is 2. The molecule has 2 aromatic heterocycles. The van der Waals surface area contributed by atoms with Gasteiger partial charge in [-0.05, 0) is 25.3 Å². The molecule has 0 aliphatic heterocycles. The normalized spacial score (nSPS) is 12.5. The van der Waals surface area contributed by atoms with Gasteiger partial charge < -0.3 is 10.4 Å². The Kier molecular flexibility index (Phi) is 4.68. The first kappa shape index (κ1) is 14.2. The van der Waals surface area contributed by atoms with Gasteiger partial charge in [-0.2, -0.15) is 0 Å². The molecular formula is C13H16N2O2S2. The molecule has 0 fully saturated rings. The number of carbonyl (C=O) groups is 1. The Morgan fingerprint density at radius 2 is 2.32 bits per heavy atom. The van der Waals surface area contributed by atoms with Gasteiger partial charge in [0.15, 0.2) is 0 Å². The maximum absolute atomic E-state index is 10.9. The van der Waals surface area contributed by atoms with Gasteiger partial charge >= 0.3 is 5.97 Å². The Hall–Kier alpha value is -1.24. The summed E-state index contributed by atoms with van der Waals surface area (Å²) in [5, 5.41) is 15.3. The fourth-order valence-corrected chi connectivity index (χ4v) is 3.53. The zero-order valence-electron chi connectivity index (χ0n) is 10.8. The van der Waals surface area contributed by atoms with Crippen molar-refractivity contribution < 1.29 is 9.90 Å². The number of hydrogen-bond acceptors (Lipinski definition) is 5. The molecule has 0 aromatic carbocycles. The second-order valence-electron chi connectivity index (χ2n) is 4.28. The smallest absolute Gasteiger partial charge is 0.305 e. The van der Waals surface area contributed by atoms with Gasteiger partial charge in [0.25, 0.3) is 0 Å². The number of carboxylic acid groups (broad SMARTS) is 1. The maximum atomic E-state index is 10.9. The van der Waals surface area contributed by atoms with E-state index in [2.05, 4.69) is 10.3 Å². The number of aliphatic carboxylic acids is 1. The highest BCUT2D eigenvalue weighted by atomic mass is 32.1. The van der Waals surface area contributed by atoms with E-state index in [1.54, 1.807) is 22.7 Å². The van der Waals surface area contributed by atoms with Crippen molar-refractivity contribution in [2.75, 3.05) is 0 Å². The number of carboxylic acids is 1. The second kappa shape index (κ2) is 6.27. The number of aromatic nitrogens is 1. The van der Waals surface area contributed by atoms with Gasteiger partial charge in [-0.3, -0.25) is 4.79 Å². The first-order chi connectivity index (χ1) is 9.06. The fourth-order valence-electron chi connectivity index (χ4n) is 1.89. The summed E-state index contributed by atoms with van der Waals surface area (Å²) in [6.07, 6.45) is 0.0860. The van der Waals surface area contributed by atoms with Crippen LogP contribution < -0.4 is 5.32 Å². The van der Waals surface area contributed by atoms with Gasteiger partial charge in [-0.15, -0.1) is 22.7 Å². The third-order valence-electron chi connectivity index (χ3n) is 2.78. The topological polar surface area (TPSA) is 62.2 Å². The Morgan fingerprint density at radius 1 is 1.53 bits per heavy atom. The summed E-state index contributed by atoms with van der Waals surface area (Å²) in [6.45, 7) is 4.63. The summed E-state index contributed by atoms with van der Waals surface area (Å²) in [4.78, 5) is 17.6. The first-order valence-electron chi connectivity index (χ1n) is 5.97. The lowest BCUT2D eigenvalue weighted by Crippen LogP contribution is -2.23. The molecule has 19 heavy (non-hydrogen) atoms. The van der Waals surface area contributed by atoms with Crippen LogP contribution in [0.3, 0.4) is 0 Å². The molecule has 0 radical (unpaired) electrons. The summed E-state index contributed by atoms with van der Waals surface area (Å²) < 4.78 is 0. The predicted molar refractivity (Wildman–Crippen MR) is 77.7 cm³/mol. The average Bonchev–Trinajstić information content (AvgIpc) is 2.94. The summed E-state index contributed by atoms with van der Waals surface area (Å²) in [5.41, 5.74) is 1.01. The van der Waals surface area contributed by atoms with E-state index in [1.165, 1.54) is 4.88 Å². The molecule has 2 aromatic rings. The fraction of sp³-hybridized carbons (Fsp3) is 0.385. The van der Waals surface area contributed by atoms with Gasteiger partial charge in [-0.1, -0.05) is 6.07 Å². The van der Waals surface area contributed by atoms with Crippen molar-refractivity contribution in [2.24, 2.45) is 0 Å². The lowest BCUT2D eigenvalue weighted by atomic mass is 10.1. The van der Waals surface area contributed by atoms with Crippen LogP contribution in [0.15, 0.2) is 17.5 Å². The second-order valence-corrected chi connectivity index (χ2v) is 6.67. The summed E-state index contributed by atoms with van der Waals surface area (Å²) in [7, 11) is 0. The largest absolute Gasteiger partial charge is 0.481 e. The zero-order chi connectivity index (χ0) is 13.8. The molecular weight excluding hydrogens is 280 g/mol. The Morgan fingerprint density at radius 3 is 2.84 bits per heavy atom. The maximum Gasteiger partial charge on any atom is 0.305 e. The molecule has 102 valence electrons. The monoisotopic (exact) mass is 296 g/mol. The number of thiophene rings is 1. The Bertz CT molecular complexity index is 549. The number of nitrogens with zero attached hydrogens (tertiary/aromatic N) is 1. The third-order valence-corrected chi connectivity index (χ3v) is 4.70. The van der Waals surface area contributed by atoms with Gasteiger partial charge in [0, 0.05) is 16.3 Å². The van der Waals surface area contributed by atoms with Crippen LogP contribution in [0.5, 0.6) is 0 Å². The van der Waals surface area contributed by atoms with Crippen LogP contribution in [0.1, 0.15) is 32.9 Å². The van der Waals surface area contributed by atoms with Crippen LogP contribution in [0.2, 0.25) is 0 Å². The molecule has 1 atom stereocenters. The van der Waals surface area contributed by atoms with Crippen molar-refractivity contribution >= 4 is 28.6 Å². The lowest BCUT2D eigenvalue weighted by molar-refractivity contribution is -0.137. The number of rotatable bonds is 6. The highest BCUT2D eigenvalue weighted by Crippen LogP contribution is 2.23. The molecule has 0 amide bonds. The Labute approximate surface area is 120 Å². The molecule has 1 unspecified atom stereocenters. The highest BCUT2D eigenvalue weighted by molar-refractivity contribution is 7.11. The van der Waals surface area contributed by atoms with Crippen molar-refractivity contribution in [3.05, 3.63) is 38.0 Å². The molecule has 2 N–H and O–H groups in total. The number of thiazole rings is 1. The van der Waals surface area contributed by atoms with Crippen molar-refractivity contribution in [1.29, 1.82) is 0 Å². The highest BCUT2D eigenvalue weighted by Gasteiger charge is 2.17. The van der Waals surface area contributed by atoms with Crippen LogP contribution in [0.4, 0.5) is 0 Å². The lowest BCUT2D eigenvalue weighted by Gasteiger charge is -2.14. The molecule has 0 aliphatic carbocycles. The molecule has 0 bridgehead atoms. The van der Waals surface area contributed by atoms with Crippen LogP contribution in [-0.4, -0.2) is 16.1 Å². The van der Waals surface area contributed by atoms with Crippen LogP contribution in [0.25, 0.3) is 0 Å². The predicted octanol–water partition coefficient (Wildman–Crippen LogP) is 3.13. The molecule has 2 heterocycles. The number of nitrogens with one attached hydrogen (secondary N) is 1. The molecule has 2 rings (SSSR count). The van der Waals surface area contributed by atoms with Crippen LogP contribution in [-0.2, 0) is 11.3 Å². The van der Waals surface area contributed by atoms with Crippen molar-refractivity contribution in [3.63, 3.8) is 0 Å². The molecule has 0 saturated carbocycles. The van der Waals surface area contributed by atoms with Gasteiger partial charge in [0.05, 0.1) is 23.2 Å². The van der Waals surface area contributed by atoms with Crippen molar-refractivity contribution in [3.8, 4) is 0 Å². The summed E-state index contributed by atoms with van der Waals surface area (Å²) >= 11 is 3.24. The summed E-state index contributed by atoms with van der Waals surface area (Å²) in [6, 6.07) is 3.75. The summed E-state index contributed by atoms with van der Waals surface area (Å²) in [5.74, 6) is -0.794. The van der Waals surface area contributed by atoms with E-state index in [9.17, 15) is 4.79 Å². The van der Waals surface area contributed by atoms with E-state index >= 15 is 0 Å². The molecule has 0 aliphatic rings. The van der Waals surface area contributed by atoms with Crippen LogP contribution >= 0.6 is 22.7 Å². The van der Waals surface area contributed by atoms with Crippen LogP contribution in [0, 0.1) is 13.8 Å². The number of aryl methyl sites for hydroxylation is 2. The SMILES string of the molecule is Cc1nc(CNC(CC(=O)O)c2cccs2)c(C)s1. The molecule has 0 saturated heterocycles. The van der Waals surface area contributed by atoms with E-state index in [-0.39, 0.29) is 12.5 Å². The Balaban J connectivity index is 2.04. The van der Waals surface area contributed by atoms with E-state index in [4.69, 9.17) is 5.11 Å². The minimum Gasteiger partial charge on any atom is -0.481 e. The van der Waals surface area contributed by atoms with E-state index in [1.807, 2.05) is 31.4 Å². The van der Waals surface area contributed by atoms with Gasteiger partial charge in [-0.25, -0.2) is 4.98 Å². The van der Waals surface area contributed by atoms with E-state index < -0.39 is 5.97 Å². The molecule has 4 nitrogen and oxygen atoms in total. The van der Waals surface area contributed by atoms with Gasteiger partial charge in [0.1, 0.15) is 0 Å². The molecule has 6 heteroatoms. The van der Waals surface area contributed by atoms with Crippen molar-refractivity contribution in [1.82, 2.24) is 10.3 Å². The van der Waals surface area contributed by atoms with E-state index in [0.29, 0.717) is 6.54 Å². The van der Waals surface area contributed by atoms with Gasteiger partial charge in [0.2, 0.25) is 0 Å².